The molecule has 1 aromatic carbocycles. The highest BCUT2D eigenvalue weighted by Crippen LogP contribution is 2.26. The normalized spacial score (nSPS) is 10.9. The van der Waals surface area contributed by atoms with Crippen molar-refractivity contribution in [1.29, 1.82) is 0 Å². The molecule has 0 saturated heterocycles. The molecule has 0 radical (unpaired) electrons. The Morgan fingerprint density at radius 1 is 1.16 bits per heavy atom. The van der Waals surface area contributed by atoms with Gasteiger partial charge in [-0.05, 0) is 24.4 Å². The number of rotatable bonds is 4. The standard InChI is InChI=1S/C17H21N3O3S2/c1-17(2,3)13-9-25-16(18-13)20-15(24)19-14(21)10-6-11(22-4)8-12(7-10)23-5/h6-9H,1-5H3,(H2,18,19,20,21,24). The third-order valence-corrected chi connectivity index (χ3v) is 4.30. The third-order valence-electron chi connectivity index (χ3n) is 3.33. The molecule has 1 heterocycles. The maximum Gasteiger partial charge on any atom is 0.257 e. The Morgan fingerprint density at radius 2 is 1.76 bits per heavy atom. The summed E-state index contributed by atoms with van der Waals surface area (Å²) in [5.41, 5.74) is 1.31. The number of ether oxygens (including phenoxy) is 2. The largest absolute Gasteiger partial charge is 0.497 e. The number of aromatic nitrogens is 1. The van der Waals surface area contributed by atoms with Crippen molar-refractivity contribution in [3.05, 3.63) is 34.8 Å². The smallest absolute Gasteiger partial charge is 0.257 e. The number of thiocarbonyl (C=S) groups is 1. The van der Waals surface area contributed by atoms with Crippen LogP contribution in [0.15, 0.2) is 23.6 Å². The molecule has 0 aliphatic rings. The highest BCUT2D eigenvalue weighted by Gasteiger charge is 2.18. The van der Waals surface area contributed by atoms with Crippen LogP contribution in [0.5, 0.6) is 11.5 Å². The lowest BCUT2D eigenvalue weighted by Crippen LogP contribution is -2.34. The molecule has 1 aromatic heterocycles. The van der Waals surface area contributed by atoms with E-state index >= 15 is 0 Å². The van der Waals surface area contributed by atoms with Crippen molar-refractivity contribution in [2.24, 2.45) is 0 Å². The Kier molecular flexibility index (Phi) is 5.97. The number of hydrogen-bond acceptors (Lipinski definition) is 6. The Labute approximate surface area is 156 Å². The van der Waals surface area contributed by atoms with Gasteiger partial charge in [-0.2, -0.15) is 0 Å². The van der Waals surface area contributed by atoms with Crippen molar-refractivity contribution < 1.29 is 14.3 Å². The van der Waals surface area contributed by atoms with Crippen LogP contribution in [0.2, 0.25) is 0 Å². The zero-order valence-electron chi connectivity index (χ0n) is 14.8. The van der Waals surface area contributed by atoms with Gasteiger partial charge in [-0.25, -0.2) is 4.98 Å². The van der Waals surface area contributed by atoms with Gasteiger partial charge in [0.15, 0.2) is 10.2 Å². The molecule has 0 atom stereocenters. The Balaban J connectivity index is 2.05. The average molecular weight is 380 g/mol. The van der Waals surface area contributed by atoms with Gasteiger partial charge in [-0.3, -0.25) is 10.1 Å². The number of amides is 1. The van der Waals surface area contributed by atoms with Gasteiger partial charge in [-0.15, -0.1) is 11.3 Å². The summed E-state index contributed by atoms with van der Waals surface area (Å²) in [5.74, 6) is 0.693. The fourth-order valence-electron chi connectivity index (χ4n) is 1.92. The lowest BCUT2D eigenvalue weighted by Gasteiger charge is -2.14. The van der Waals surface area contributed by atoms with Crippen LogP contribution in [0.25, 0.3) is 0 Å². The molecule has 1 amide bonds. The second-order valence-corrected chi connectivity index (χ2v) is 7.56. The predicted molar refractivity (Wildman–Crippen MR) is 104 cm³/mol. The van der Waals surface area contributed by atoms with Crippen molar-refractivity contribution in [3.8, 4) is 11.5 Å². The molecule has 134 valence electrons. The fourth-order valence-corrected chi connectivity index (χ4v) is 3.11. The molecule has 0 aliphatic heterocycles. The second kappa shape index (κ2) is 7.79. The number of hydrogen-bond donors (Lipinski definition) is 2. The summed E-state index contributed by atoms with van der Waals surface area (Å²) in [6.07, 6.45) is 0. The van der Waals surface area contributed by atoms with Gasteiger partial charge >= 0.3 is 0 Å². The number of nitrogens with zero attached hydrogens (tertiary/aromatic N) is 1. The molecule has 0 spiro atoms. The number of carbonyl (C=O) groups excluding carboxylic acids is 1. The quantitative estimate of drug-likeness (QED) is 0.791. The summed E-state index contributed by atoms with van der Waals surface area (Å²) in [4.78, 5) is 16.9. The van der Waals surface area contributed by atoms with Crippen LogP contribution in [0.4, 0.5) is 5.13 Å². The van der Waals surface area contributed by atoms with Crippen LogP contribution in [-0.4, -0.2) is 30.2 Å². The summed E-state index contributed by atoms with van der Waals surface area (Å²) in [6, 6.07) is 4.92. The van der Waals surface area contributed by atoms with Gasteiger partial charge in [0.2, 0.25) is 0 Å². The first kappa shape index (κ1) is 19.1. The predicted octanol–water partition coefficient (Wildman–Crippen LogP) is 3.58. The van der Waals surface area contributed by atoms with E-state index in [1.54, 1.807) is 18.2 Å². The summed E-state index contributed by atoms with van der Waals surface area (Å²) in [7, 11) is 3.05. The van der Waals surface area contributed by atoms with E-state index in [9.17, 15) is 4.79 Å². The Morgan fingerprint density at radius 3 is 2.24 bits per heavy atom. The first-order valence-electron chi connectivity index (χ1n) is 7.54. The summed E-state index contributed by atoms with van der Waals surface area (Å²) < 4.78 is 10.3. The molecular weight excluding hydrogens is 358 g/mol. The molecule has 6 nitrogen and oxygen atoms in total. The van der Waals surface area contributed by atoms with Crippen LogP contribution in [-0.2, 0) is 5.41 Å². The Bertz CT molecular complexity index is 759. The van der Waals surface area contributed by atoms with Crippen LogP contribution in [0, 0.1) is 0 Å². The van der Waals surface area contributed by atoms with Gasteiger partial charge in [0.1, 0.15) is 11.5 Å². The number of anilines is 1. The third kappa shape index (κ3) is 5.14. The zero-order chi connectivity index (χ0) is 18.6. The van der Waals surface area contributed by atoms with E-state index in [4.69, 9.17) is 21.7 Å². The van der Waals surface area contributed by atoms with Crippen molar-refractivity contribution in [3.63, 3.8) is 0 Å². The minimum atomic E-state index is -0.359. The number of carbonyl (C=O) groups is 1. The molecule has 0 bridgehead atoms. The summed E-state index contributed by atoms with van der Waals surface area (Å²) in [5, 5.41) is 8.36. The first-order chi connectivity index (χ1) is 11.7. The van der Waals surface area contributed by atoms with Crippen LogP contribution < -0.4 is 20.1 Å². The van der Waals surface area contributed by atoms with E-state index < -0.39 is 0 Å². The highest BCUT2D eigenvalue weighted by atomic mass is 32.1. The van der Waals surface area contributed by atoms with Crippen LogP contribution in [0.1, 0.15) is 36.8 Å². The second-order valence-electron chi connectivity index (χ2n) is 6.30. The number of benzene rings is 1. The molecule has 8 heteroatoms. The molecule has 2 N–H and O–H groups in total. The van der Waals surface area contributed by atoms with Gasteiger partial charge in [0.05, 0.1) is 19.9 Å². The first-order valence-corrected chi connectivity index (χ1v) is 8.83. The molecule has 2 aromatic rings. The van der Waals surface area contributed by atoms with Crippen molar-refractivity contribution in [1.82, 2.24) is 10.3 Å². The maximum atomic E-state index is 12.4. The highest BCUT2D eigenvalue weighted by molar-refractivity contribution is 7.80. The molecule has 2 rings (SSSR count). The average Bonchev–Trinajstić information content (AvgIpc) is 3.02. The van der Waals surface area contributed by atoms with E-state index in [1.165, 1.54) is 25.6 Å². The molecule has 0 fully saturated rings. The lowest BCUT2D eigenvalue weighted by molar-refractivity contribution is 0.0977. The summed E-state index contributed by atoms with van der Waals surface area (Å²) in [6.45, 7) is 6.26. The monoisotopic (exact) mass is 379 g/mol. The lowest BCUT2D eigenvalue weighted by atomic mass is 9.93. The SMILES string of the molecule is COc1cc(OC)cc(C(=O)NC(=S)Nc2nc(C(C)(C)C)cs2)c1. The number of thiazole rings is 1. The van der Waals surface area contributed by atoms with Gasteiger partial charge < -0.3 is 14.8 Å². The van der Waals surface area contributed by atoms with Crippen LogP contribution >= 0.6 is 23.6 Å². The molecule has 25 heavy (non-hydrogen) atoms. The minimum Gasteiger partial charge on any atom is -0.497 e. The van der Waals surface area contributed by atoms with Crippen molar-refractivity contribution in [2.75, 3.05) is 19.5 Å². The van der Waals surface area contributed by atoms with Gasteiger partial charge in [-0.1, -0.05) is 20.8 Å². The van der Waals surface area contributed by atoms with Gasteiger partial charge in [0.25, 0.3) is 5.91 Å². The number of nitrogens with one attached hydrogen (secondary N) is 2. The van der Waals surface area contributed by atoms with Crippen molar-refractivity contribution in [2.45, 2.75) is 26.2 Å². The number of methoxy groups -OCH3 is 2. The van der Waals surface area contributed by atoms with Crippen molar-refractivity contribution >= 4 is 39.7 Å². The van der Waals surface area contributed by atoms with E-state index in [1.807, 2.05) is 5.38 Å². The Hall–Kier alpha value is -2.19. The van der Waals surface area contributed by atoms with E-state index in [2.05, 4.69) is 36.4 Å². The molecular formula is C17H21N3O3S2. The summed E-state index contributed by atoms with van der Waals surface area (Å²) >= 11 is 6.64. The minimum absolute atomic E-state index is 0.0432. The molecule has 0 saturated carbocycles. The molecule has 0 aliphatic carbocycles. The van der Waals surface area contributed by atoms with Crippen LogP contribution in [0.3, 0.4) is 0 Å². The van der Waals surface area contributed by atoms with E-state index in [-0.39, 0.29) is 16.4 Å². The topological polar surface area (TPSA) is 72.5 Å². The van der Waals surface area contributed by atoms with E-state index in [0.29, 0.717) is 22.2 Å². The zero-order valence-corrected chi connectivity index (χ0v) is 16.4. The van der Waals surface area contributed by atoms with E-state index in [0.717, 1.165) is 5.69 Å². The van der Waals surface area contributed by atoms with Gasteiger partial charge in [0, 0.05) is 22.4 Å². The molecule has 0 unspecified atom stereocenters. The maximum absolute atomic E-state index is 12.4. The fraction of sp³-hybridized carbons (Fsp3) is 0.353.